The standard InChI is InChI=1S/C9H12N2O2/c1-6-9(8(13)4-5-12)7(2)11(3)10-6/h5H,4H2,1-3H3. The molecule has 0 unspecified atom stereocenters. The molecule has 0 radical (unpaired) electrons. The molecular formula is C9H12N2O2. The van der Waals surface area contributed by atoms with Crippen molar-refractivity contribution in [3.63, 3.8) is 0 Å². The molecule has 4 nitrogen and oxygen atoms in total. The van der Waals surface area contributed by atoms with E-state index in [2.05, 4.69) is 5.10 Å². The lowest BCUT2D eigenvalue weighted by atomic mass is 10.1. The topological polar surface area (TPSA) is 52.0 Å². The molecule has 0 saturated heterocycles. The summed E-state index contributed by atoms with van der Waals surface area (Å²) in [6.07, 6.45) is 0.557. The zero-order chi connectivity index (χ0) is 10.0. The summed E-state index contributed by atoms with van der Waals surface area (Å²) in [5.74, 6) is -0.155. The van der Waals surface area contributed by atoms with Gasteiger partial charge in [0.2, 0.25) is 0 Å². The molecule has 0 bridgehead atoms. The molecule has 0 N–H and O–H groups in total. The number of ketones is 1. The molecule has 1 heterocycles. The van der Waals surface area contributed by atoms with Gasteiger partial charge in [-0.3, -0.25) is 9.48 Å². The average Bonchev–Trinajstić information content (AvgIpc) is 2.27. The van der Waals surface area contributed by atoms with Gasteiger partial charge in [-0.2, -0.15) is 5.10 Å². The highest BCUT2D eigenvalue weighted by atomic mass is 16.1. The Hall–Kier alpha value is -1.45. The van der Waals surface area contributed by atoms with E-state index in [4.69, 9.17) is 0 Å². The number of carbonyl (C=O) groups is 2. The van der Waals surface area contributed by atoms with E-state index in [1.54, 1.807) is 18.7 Å². The molecule has 70 valence electrons. The highest BCUT2D eigenvalue weighted by molar-refractivity contribution is 6.04. The van der Waals surface area contributed by atoms with E-state index < -0.39 is 0 Å². The zero-order valence-corrected chi connectivity index (χ0v) is 8.00. The van der Waals surface area contributed by atoms with Crippen LogP contribution in [-0.2, 0) is 11.8 Å². The fraction of sp³-hybridized carbons (Fsp3) is 0.444. The maximum atomic E-state index is 11.4. The zero-order valence-electron chi connectivity index (χ0n) is 8.00. The maximum Gasteiger partial charge on any atom is 0.173 e. The van der Waals surface area contributed by atoms with Gasteiger partial charge in [0.25, 0.3) is 0 Å². The Kier molecular flexibility index (Phi) is 2.60. The van der Waals surface area contributed by atoms with E-state index >= 15 is 0 Å². The van der Waals surface area contributed by atoms with E-state index in [-0.39, 0.29) is 12.2 Å². The monoisotopic (exact) mass is 180 g/mol. The first kappa shape index (κ1) is 9.64. The van der Waals surface area contributed by atoms with Crippen molar-refractivity contribution < 1.29 is 9.59 Å². The predicted molar refractivity (Wildman–Crippen MR) is 47.7 cm³/mol. The van der Waals surface area contributed by atoms with Crippen LogP contribution in [0.5, 0.6) is 0 Å². The van der Waals surface area contributed by atoms with Crippen molar-refractivity contribution >= 4 is 12.1 Å². The summed E-state index contributed by atoms with van der Waals surface area (Å²) in [7, 11) is 1.78. The second-order valence-corrected chi connectivity index (χ2v) is 2.96. The minimum absolute atomic E-state index is 0.0621. The van der Waals surface area contributed by atoms with Crippen molar-refractivity contribution in [2.75, 3.05) is 0 Å². The van der Waals surface area contributed by atoms with Crippen LogP contribution in [0.25, 0.3) is 0 Å². The largest absolute Gasteiger partial charge is 0.303 e. The highest BCUT2D eigenvalue weighted by Gasteiger charge is 2.16. The lowest BCUT2D eigenvalue weighted by Gasteiger charge is -1.96. The Morgan fingerprint density at radius 1 is 1.54 bits per heavy atom. The molecule has 13 heavy (non-hydrogen) atoms. The molecule has 1 aromatic heterocycles. The minimum Gasteiger partial charge on any atom is -0.303 e. The van der Waals surface area contributed by atoms with Crippen LogP contribution in [0.2, 0.25) is 0 Å². The normalized spacial score (nSPS) is 10.1. The van der Waals surface area contributed by atoms with E-state index in [0.29, 0.717) is 17.5 Å². The van der Waals surface area contributed by atoms with Gasteiger partial charge in [0, 0.05) is 12.7 Å². The van der Waals surface area contributed by atoms with Gasteiger partial charge in [-0.05, 0) is 13.8 Å². The molecular weight excluding hydrogens is 168 g/mol. The fourth-order valence-corrected chi connectivity index (χ4v) is 1.35. The van der Waals surface area contributed by atoms with Crippen molar-refractivity contribution in [1.29, 1.82) is 0 Å². The molecule has 1 aromatic rings. The van der Waals surface area contributed by atoms with Gasteiger partial charge in [-0.25, -0.2) is 0 Å². The van der Waals surface area contributed by atoms with Crippen LogP contribution in [-0.4, -0.2) is 21.8 Å². The van der Waals surface area contributed by atoms with E-state index in [0.717, 1.165) is 5.69 Å². The summed E-state index contributed by atoms with van der Waals surface area (Å²) in [5, 5.41) is 4.09. The Balaban J connectivity index is 3.12. The number of aldehydes is 1. The first-order valence-corrected chi connectivity index (χ1v) is 4.05. The summed E-state index contributed by atoms with van der Waals surface area (Å²) in [6, 6.07) is 0. The van der Waals surface area contributed by atoms with Crippen molar-refractivity contribution in [2.45, 2.75) is 20.3 Å². The highest BCUT2D eigenvalue weighted by Crippen LogP contribution is 2.13. The molecule has 0 aliphatic heterocycles. The molecule has 0 fully saturated rings. The number of aromatic nitrogens is 2. The first-order chi connectivity index (χ1) is 6.07. The molecule has 0 saturated carbocycles. The maximum absolute atomic E-state index is 11.4. The number of aryl methyl sites for hydroxylation is 2. The third kappa shape index (κ3) is 1.66. The average molecular weight is 180 g/mol. The number of nitrogens with zero attached hydrogens (tertiary/aromatic N) is 2. The lowest BCUT2D eigenvalue weighted by Crippen LogP contribution is -2.03. The summed E-state index contributed by atoms with van der Waals surface area (Å²) in [4.78, 5) is 21.6. The van der Waals surface area contributed by atoms with Gasteiger partial charge in [-0.15, -0.1) is 0 Å². The molecule has 0 aliphatic carbocycles. The molecule has 0 aromatic carbocycles. The van der Waals surface area contributed by atoms with Crippen molar-refractivity contribution in [3.8, 4) is 0 Å². The quantitative estimate of drug-likeness (QED) is 0.393. The van der Waals surface area contributed by atoms with Gasteiger partial charge in [-0.1, -0.05) is 0 Å². The first-order valence-electron chi connectivity index (χ1n) is 4.05. The second kappa shape index (κ2) is 3.51. The molecule has 4 heteroatoms. The minimum atomic E-state index is -0.155. The van der Waals surface area contributed by atoms with Gasteiger partial charge >= 0.3 is 0 Å². The number of hydrogen-bond acceptors (Lipinski definition) is 3. The van der Waals surface area contributed by atoms with Gasteiger partial charge < -0.3 is 4.79 Å². The number of hydrogen-bond donors (Lipinski definition) is 0. The second-order valence-electron chi connectivity index (χ2n) is 2.96. The Morgan fingerprint density at radius 3 is 2.54 bits per heavy atom. The Bertz CT molecular complexity index is 353. The third-order valence-corrected chi connectivity index (χ3v) is 2.06. The van der Waals surface area contributed by atoms with Crippen LogP contribution in [0.1, 0.15) is 28.2 Å². The molecule has 0 aliphatic rings. The van der Waals surface area contributed by atoms with Crippen LogP contribution < -0.4 is 0 Å². The fourth-order valence-electron chi connectivity index (χ4n) is 1.35. The van der Waals surface area contributed by atoms with Gasteiger partial charge in [0.05, 0.1) is 17.7 Å². The van der Waals surface area contributed by atoms with E-state index in [9.17, 15) is 9.59 Å². The van der Waals surface area contributed by atoms with Crippen molar-refractivity contribution in [2.24, 2.45) is 7.05 Å². The van der Waals surface area contributed by atoms with Crippen LogP contribution in [0.3, 0.4) is 0 Å². The van der Waals surface area contributed by atoms with Gasteiger partial charge in [0.15, 0.2) is 5.78 Å². The van der Waals surface area contributed by atoms with Gasteiger partial charge in [0.1, 0.15) is 6.29 Å². The summed E-state index contributed by atoms with van der Waals surface area (Å²) < 4.78 is 1.65. The van der Waals surface area contributed by atoms with Crippen molar-refractivity contribution in [1.82, 2.24) is 9.78 Å². The Labute approximate surface area is 76.6 Å². The molecule has 0 amide bonds. The number of Topliss-reactive ketones (excluding diaryl/α,β-unsaturated/α-hetero) is 1. The number of carbonyl (C=O) groups excluding carboxylic acids is 2. The molecule has 0 atom stereocenters. The predicted octanol–water partition coefficient (Wildman–Crippen LogP) is 0.809. The van der Waals surface area contributed by atoms with Crippen LogP contribution in [0.4, 0.5) is 0 Å². The third-order valence-electron chi connectivity index (χ3n) is 2.06. The molecule has 0 spiro atoms. The van der Waals surface area contributed by atoms with E-state index in [1.807, 2.05) is 6.92 Å². The van der Waals surface area contributed by atoms with E-state index in [1.165, 1.54) is 0 Å². The summed E-state index contributed by atoms with van der Waals surface area (Å²) in [6.45, 7) is 3.59. The van der Waals surface area contributed by atoms with Crippen LogP contribution in [0.15, 0.2) is 0 Å². The Morgan fingerprint density at radius 2 is 2.15 bits per heavy atom. The lowest BCUT2D eigenvalue weighted by molar-refractivity contribution is -0.107. The van der Waals surface area contributed by atoms with Crippen LogP contribution >= 0.6 is 0 Å². The summed E-state index contributed by atoms with van der Waals surface area (Å²) in [5.41, 5.74) is 2.07. The molecule has 1 rings (SSSR count). The smallest absolute Gasteiger partial charge is 0.173 e. The van der Waals surface area contributed by atoms with Crippen molar-refractivity contribution in [3.05, 3.63) is 17.0 Å². The summed E-state index contributed by atoms with van der Waals surface area (Å²) >= 11 is 0. The van der Waals surface area contributed by atoms with Crippen LogP contribution in [0, 0.1) is 13.8 Å². The number of rotatable bonds is 3. The SMILES string of the molecule is Cc1nn(C)c(C)c1C(=O)CC=O.